The molecule has 1 aromatic rings. The predicted octanol–water partition coefficient (Wildman–Crippen LogP) is 2.64. The van der Waals surface area contributed by atoms with Gasteiger partial charge >= 0.3 is 0 Å². The third-order valence-electron chi connectivity index (χ3n) is 2.46. The lowest BCUT2D eigenvalue weighted by Crippen LogP contribution is -2.40. The van der Waals surface area contributed by atoms with Gasteiger partial charge in [0.2, 0.25) is 0 Å². The van der Waals surface area contributed by atoms with Gasteiger partial charge in [0.25, 0.3) is 5.56 Å². The number of hydrogen-bond donors (Lipinski definition) is 1. The van der Waals surface area contributed by atoms with Gasteiger partial charge < -0.3 is 9.88 Å². The van der Waals surface area contributed by atoms with Crippen LogP contribution in [-0.2, 0) is 6.54 Å². The molecule has 17 heavy (non-hydrogen) atoms. The first-order chi connectivity index (χ1) is 7.79. The van der Waals surface area contributed by atoms with Gasteiger partial charge in [-0.15, -0.1) is 0 Å². The van der Waals surface area contributed by atoms with E-state index in [1.165, 1.54) is 0 Å². The van der Waals surface area contributed by atoms with Crippen LogP contribution in [-0.4, -0.2) is 16.7 Å². The molecule has 1 rings (SSSR count). The van der Waals surface area contributed by atoms with Gasteiger partial charge in [-0.05, 0) is 61.3 Å². The zero-order valence-electron chi connectivity index (χ0n) is 11.0. The Bertz CT molecular complexity index is 420. The van der Waals surface area contributed by atoms with Crippen LogP contribution < -0.4 is 10.9 Å². The van der Waals surface area contributed by atoms with E-state index in [2.05, 4.69) is 48.9 Å². The molecule has 96 valence electrons. The monoisotopic (exact) mass is 300 g/mol. The molecule has 0 aromatic carbocycles. The van der Waals surface area contributed by atoms with Crippen LogP contribution in [0.3, 0.4) is 0 Å². The highest BCUT2D eigenvalue weighted by Crippen LogP contribution is 2.05. The minimum Gasteiger partial charge on any atom is -0.314 e. The minimum absolute atomic E-state index is 0.0371. The number of hydrogen-bond acceptors (Lipinski definition) is 2. The Morgan fingerprint density at radius 3 is 2.71 bits per heavy atom. The summed E-state index contributed by atoms with van der Waals surface area (Å²) < 4.78 is 2.37. The van der Waals surface area contributed by atoms with Crippen molar-refractivity contribution in [1.82, 2.24) is 9.88 Å². The molecule has 1 atom stereocenters. The summed E-state index contributed by atoms with van der Waals surface area (Å²) in [5.41, 5.74) is 0.159. The summed E-state index contributed by atoms with van der Waals surface area (Å²) in [4.78, 5) is 11.8. The molecule has 1 unspecified atom stereocenters. The Morgan fingerprint density at radius 1 is 1.47 bits per heavy atom. The summed E-state index contributed by atoms with van der Waals surface area (Å²) in [6, 6.07) is 3.66. The molecule has 0 aliphatic rings. The first kappa shape index (κ1) is 14.5. The van der Waals surface area contributed by atoms with Crippen molar-refractivity contribution >= 4 is 15.9 Å². The largest absolute Gasteiger partial charge is 0.314 e. The number of nitrogens with zero attached hydrogens (tertiary/aromatic N) is 1. The first-order valence-corrected chi connectivity index (χ1v) is 6.69. The molecule has 0 spiro atoms. The molecule has 1 heterocycles. The second kappa shape index (κ2) is 5.83. The minimum atomic E-state index is 0.0371. The Hall–Kier alpha value is -0.610. The van der Waals surface area contributed by atoms with Crippen molar-refractivity contribution in [3.63, 3.8) is 0 Å². The zero-order valence-corrected chi connectivity index (χ0v) is 12.5. The summed E-state index contributed by atoms with van der Waals surface area (Å²) in [6.07, 6.45) is 1.83. The van der Waals surface area contributed by atoms with E-state index in [1.54, 1.807) is 10.6 Å². The lowest BCUT2D eigenvalue weighted by Gasteiger charge is -2.23. The predicted molar refractivity (Wildman–Crippen MR) is 75.3 cm³/mol. The number of nitrogens with one attached hydrogen (secondary N) is 1. The van der Waals surface area contributed by atoms with E-state index in [4.69, 9.17) is 0 Å². The number of rotatable bonds is 4. The average Bonchev–Trinajstić information content (AvgIpc) is 2.21. The van der Waals surface area contributed by atoms with E-state index in [1.807, 2.05) is 12.3 Å². The fourth-order valence-electron chi connectivity index (χ4n) is 1.53. The highest BCUT2D eigenvalue weighted by Gasteiger charge is 2.12. The van der Waals surface area contributed by atoms with Gasteiger partial charge in [-0.3, -0.25) is 4.79 Å². The van der Waals surface area contributed by atoms with E-state index in [0.29, 0.717) is 10.4 Å². The maximum Gasteiger partial charge on any atom is 0.264 e. The molecule has 0 amide bonds. The van der Waals surface area contributed by atoms with Crippen LogP contribution in [0.2, 0.25) is 0 Å². The zero-order chi connectivity index (χ0) is 13.1. The van der Waals surface area contributed by atoms with Gasteiger partial charge in [-0.2, -0.15) is 0 Å². The highest BCUT2D eigenvalue weighted by atomic mass is 79.9. The topological polar surface area (TPSA) is 34.0 Å². The van der Waals surface area contributed by atoms with Crippen molar-refractivity contribution in [1.29, 1.82) is 0 Å². The Morgan fingerprint density at radius 2 is 2.12 bits per heavy atom. The number of halogens is 1. The standard InChI is InChI=1S/C13H21BrN2O/c1-10(8-15-13(2,3)4)9-16-7-5-6-11(14)12(16)17/h5-7,10,15H,8-9H2,1-4H3. The fraction of sp³-hybridized carbons (Fsp3) is 0.615. The molecule has 0 aliphatic carbocycles. The molecule has 1 N–H and O–H groups in total. The lowest BCUT2D eigenvalue weighted by atomic mass is 10.1. The first-order valence-electron chi connectivity index (χ1n) is 5.89. The van der Waals surface area contributed by atoms with Crippen molar-refractivity contribution in [3.8, 4) is 0 Å². The van der Waals surface area contributed by atoms with Crippen molar-refractivity contribution in [2.45, 2.75) is 39.8 Å². The molecule has 0 fully saturated rings. The smallest absolute Gasteiger partial charge is 0.264 e. The molecule has 0 saturated heterocycles. The van der Waals surface area contributed by atoms with Crippen LogP contribution in [0.5, 0.6) is 0 Å². The Labute approximate surface area is 111 Å². The number of pyridine rings is 1. The maximum atomic E-state index is 11.8. The van der Waals surface area contributed by atoms with E-state index >= 15 is 0 Å². The van der Waals surface area contributed by atoms with Crippen molar-refractivity contribution in [2.24, 2.45) is 5.92 Å². The molecule has 3 nitrogen and oxygen atoms in total. The van der Waals surface area contributed by atoms with Crippen LogP contribution in [0.15, 0.2) is 27.6 Å². The number of aromatic nitrogens is 1. The fourth-order valence-corrected chi connectivity index (χ4v) is 1.91. The van der Waals surface area contributed by atoms with Crippen molar-refractivity contribution < 1.29 is 0 Å². The molecule has 0 bridgehead atoms. The highest BCUT2D eigenvalue weighted by molar-refractivity contribution is 9.10. The molecule has 0 radical (unpaired) electrons. The van der Waals surface area contributed by atoms with Gasteiger partial charge in [-0.25, -0.2) is 0 Å². The second-order valence-corrected chi connectivity index (χ2v) is 6.40. The van der Waals surface area contributed by atoms with Gasteiger partial charge in [-0.1, -0.05) is 6.92 Å². The maximum absolute atomic E-state index is 11.8. The molecule has 0 aliphatic heterocycles. The molecule has 4 heteroatoms. The third kappa shape index (κ3) is 5.04. The van der Waals surface area contributed by atoms with E-state index in [9.17, 15) is 4.79 Å². The van der Waals surface area contributed by atoms with Gasteiger partial charge in [0, 0.05) is 18.3 Å². The lowest BCUT2D eigenvalue weighted by molar-refractivity contribution is 0.358. The summed E-state index contributed by atoms with van der Waals surface area (Å²) in [5.74, 6) is 0.418. The van der Waals surface area contributed by atoms with Crippen LogP contribution in [0, 0.1) is 5.92 Å². The molecule has 1 aromatic heterocycles. The van der Waals surface area contributed by atoms with Crippen molar-refractivity contribution in [2.75, 3.05) is 6.54 Å². The summed E-state index contributed by atoms with van der Waals surface area (Å²) >= 11 is 3.26. The Kier molecular flexibility index (Phi) is 4.95. The van der Waals surface area contributed by atoms with Crippen LogP contribution in [0.25, 0.3) is 0 Å². The van der Waals surface area contributed by atoms with Crippen LogP contribution in [0.1, 0.15) is 27.7 Å². The summed E-state index contributed by atoms with van der Waals surface area (Å²) in [7, 11) is 0. The summed E-state index contributed by atoms with van der Waals surface area (Å²) in [5, 5.41) is 3.45. The molecular weight excluding hydrogens is 280 g/mol. The van der Waals surface area contributed by atoms with E-state index < -0.39 is 0 Å². The Balaban J connectivity index is 2.60. The average molecular weight is 301 g/mol. The normalized spacial score (nSPS) is 13.7. The van der Waals surface area contributed by atoms with E-state index in [-0.39, 0.29) is 11.1 Å². The SMILES string of the molecule is CC(CNC(C)(C)C)Cn1cccc(Br)c1=O. The van der Waals surface area contributed by atoms with Gasteiger partial charge in [0.15, 0.2) is 0 Å². The summed E-state index contributed by atoms with van der Waals surface area (Å²) in [6.45, 7) is 10.2. The quantitative estimate of drug-likeness (QED) is 0.927. The van der Waals surface area contributed by atoms with E-state index in [0.717, 1.165) is 13.1 Å². The van der Waals surface area contributed by atoms with Crippen LogP contribution >= 0.6 is 15.9 Å². The van der Waals surface area contributed by atoms with Crippen LogP contribution in [0.4, 0.5) is 0 Å². The second-order valence-electron chi connectivity index (χ2n) is 5.55. The molecular formula is C13H21BrN2O. The van der Waals surface area contributed by atoms with Gasteiger partial charge in [0.1, 0.15) is 0 Å². The van der Waals surface area contributed by atoms with Crippen molar-refractivity contribution in [3.05, 3.63) is 33.2 Å². The van der Waals surface area contributed by atoms with Gasteiger partial charge in [0.05, 0.1) is 4.47 Å². The molecule has 0 saturated carbocycles. The third-order valence-corrected chi connectivity index (χ3v) is 3.07.